The molecule has 28 heavy (non-hydrogen) atoms. The number of benzene rings is 1. The summed E-state index contributed by atoms with van der Waals surface area (Å²) < 4.78 is 0. The van der Waals surface area contributed by atoms with Gasteiger partial charge in [-0.2, -0.15) is 0 Å². The molecule has 1 saturated heterocycles. The van der Waals surface area contributed by atoms with Crippen LogP contribution in [0.25, 0.3) is 0 Å². The van der Waals surface area contributed by atoms with Crippen LogP contribution in [0.15, 0.2) is 24.3 Å². The Morgan fingerprint density at radius 3 is 2.43 bits per heavy atom. The highest BCUT2D eigenvalue weighted by Crippen LogP contribution is 2.10. The number of hydrogen-bond acceptors (Lipinski definition) is 4. The number of nitrogens with zero attached hydrogens (tertiary/aromatic N) is 2. The second-order valence-electron chi connectivity index (χ2n) is 8.26. The van der Waals surface area contributed by atoms with Gasteiger partial charge in [-0.15, -0.1) is 0 Å². The Hall–Kier alpha value is -1.92. The summed E-state index contributed by atoms with van der Waals surface area (Å²) in [4.78, 5) is 30.1. The zero-order valence-electron chi connectivity index (χ0n) is 17.8. The van der Waals surface area contributed by atoms with E-state index in [1.807, 2.05) is 25.1 Å². The SMILES string of the molecule is Cc1ccccc1C(=O)NC(CC(C)C)C(=O)NCCCN1CCN(C)CC1. The molecule has 0 aromatic heterocycles. The molecule has 1 aromatic carbocycles. The molecule has 2 N–H and O–H groups in total. The summed E-state index contributed by atoms with van der Waals surface area (Å²) in [6.45, 7) is 12.1. The fourth-order valence-corrected chi connectivity index (χ4v) is 3.48. The normalized spacial score (nSPS) is 16.8. The van der Waals surface area contributed by atoms with E-state index in [2.05, 4.69) is 41.3 Å². The third-order valence-corrected chi connectivity index (χ3v) is 5.26. The topological polar surface area (TPSA) is 64.7 Å². The number of nitrogens with one attached hydrogen (secondary N) is 2. The van der Waals surface area contributed by atoms with Gasteiger partial charge in [-0.1, -0.05) is 32.0 Å². The van der Waals surface area contributed by atoms with Crippen LogP contribution in [0.3, 0.4) is 0 Å². The zero-order chi connectivity index (χ0) is 20.5. The molecule has 2 amide bonds. The van der Waals surface area contributed by atoms with Gasteiger partial charge in [0, 0.05) is 38.3 Å². The molecule has 0 aliphatic carbocycles. The van der Waals surface area contributed by atoms with E-state index in [4.69, 9.17) is 0 Å². The first-order chi connectivity index (χ1) is 13.4. The quantitative estimate of drug-likeness (QED) is 0.634. The molecule has 1 aromatic rings. The minimum absolute atomic E-state index is 0.0889. The molecule has 1 unspecified atom stereocenters. The van der Waals surface area contributed by atoms with Crippen LogP contribution in [0.2, 0.25) is 0 Å². The Morgan fingerprint density at radius 1 is 1.11 bits per heavy atom. The lowest BCUT2D eigenvalue weighted by molar-refractivity contribution is -0.123. The van der Waals surface area contributed by atoms with Crippen molar-refractivity contribution in [3.63, 3.8) is 0 Å². The standard InChI is InChI=1S/C22H36N4O2/c1-17(2)16-20(24-21(27)19-9-6-5-8-18(19)3)22(28)23-10-7-11-26-14-12-25(4)13-15-26/h5-6,8-9,17,20H,7,10-16H2,1-4H3,(H,23,28)(H,24,27). The van der Waals surface area contributed by atoms with Crippen molar-refractivity contribution in [1.29, 1.82) is 0 Å². The minimum Gasteiger partial charge on any atom is -0.354 e. The van der Waals surface area contributed by atoms with E-state index < -0.39 is 6.04 Å². The van der Waals surface area contributed by atoms with E-state index in [1.165, 1.54) is 0 Å². The number of aryl methyl sites for hydroxylation is 1. The van der Waals surface area contributed by atoms with Crippen molar-refractivity contribution in [2.45, 2.75) is 39.7 Å². The molecule has 0 radical (unpaired) electrons. The van der Waals surface area contributed by atoms with E-state index >= 15 is 0 Å². The van der Waals surface area contributed by atoms with Crippen molar-refractivity contribution in [1.82, 2.24) is 20.4 Å². The highest BCUT2D eigenvalue weighted by Gasteiger charge is 2.23. The number of rotatable bonds is 9. The maximum Gasteiger partial charge on any atom is 0.252 e. The number of carbonyl (C=O) groups excluding carboxylic acids is 2. The van der Waals surface area contributed by atoms with Gasteiger partial charge < -0.3 is 20.4 Å². The predicted molar refractivity (Wildman–Crippen MR) is 113 cm³/mol. The van der Waals surface area contributed by atoms with E-state index in [-0.39, 0.29) is 11.8 Å². The van der Waals surface area contributed by atoms with E-state index in [0.29, 0.717) is 24.4 Å². The molecule has 0 spiro atoms. The third-order valence-electron chi connectivity index (χ3n) is 5.26. The van der Waals surface area contributed by atoms with Crippen molar-refractivity contribution in [3.8, 4) is 0 Å². The highest BCUT2D eigenvalue weighted by molar-refractivity contribution is 5.98. The molecule has 6 heteroatoms. The molecule has 0 saturated carbocycles. The van der Waals surface area contributed by atoms with Gasteiger partial charge in [-0.05, 0) is 50.9 Å². The van der Waals surface area contributed by atoms with E-state index in [1.54, 1.807) is 6.07 Å². The van der Waals surface area contributed by atoms with Crippen LogP contribution < -0.4 is 10.6 Å². The monoisotopic (exact) mass is 388 g/mol. The summed E-state index contributed by atoms with van der Waals surface area (Å²) in [5.74, 6) is 0.0450. The second kappa shape index (κ2) is 11.2. The summed E-state index contributed by atoms with van der Waals surface area (Å²) in [5.41, 5.74) is 1.54. The highest BCUT2D eigenvalue weighted by atomic mass is 16.2. The second-order valence-corrected chi connectivity index (χ2v) is 8.26. The average Bonchev–Trinajstić information content (AvgIpc) is 2.66. The number of hydrogen-bond donors (Lipinski definition) is 2. The summed E-state index contributed by atoms with van der Waals surface area (Å²) in [6, 6.07) is 6.95. The van der Waals surface area contributed by atoms with Crippen LogP contribution in [-0.4, -0.2) is 74.0 Å². The fourth-order valence-electron chi connectivity index (χ4n) is 3.48. The lowest BCUT2D eigenvalue weighted by Gasteiger charge is -2.32. The molecule has 2 rings (SSSR count). The first-order valence-electron chi connectivity index (χ1n) is 10.4. The molecule has 6 nitrogen and oxygen atoms in total. The summed E-state index contributed by atoms with van der Waals surface area (Å²) >= 11 is 0. The van der Waals surface area contributed by atoms with Crippen molar-refractivity contribution in [2.75, 3.05) is 46.3 Å². The molecule has 1 fully saturated rings. The Bertz CT molecular complexity index is 639. The van der Waals surface area contributed by atoms with Crippen LogP contribution in [0.1, 0.15) is 42.6 Å². The lowest BCUT2D eigenvalue weighted by atomic mass is 10.0. The van der Waals surface area contributed by atoms with Crippen LogP contribution >= 0.6 is 0 Å². The van der Waals surface area contributed by atoms with E-state index in [9.17, 15) is 9.59 Å². The van der Waals surface area contributed by atoms with Crippen LogP contribution in [-0.2, 0) is 4.79 Å². The summed E-state index contributed by atoms with van der Waals surface area (Å²) in [6.07, 6.45) is 1.55. The van der Waals surface area contributed by atoms with Gasteiger partial charge in [0.25, 0.3) is 5.91 Å². The predicted octanol–water partition coefficient (Wildman–Crippen LogP) is 1.89. The van der Waals surface area contributed by atoms with Gasteiger partial charge in [0.05, 0.1) is 0 Å². The van der Waals surface area contributed by atoms with Gasteiger partial charge in [0.1, 0.15) is 6.04 Å². The van der Waals surface area contributed by atoms with Gasteiger partial charge in [-0.3, -0.25) is 9.59 Å². The van der Waals surface area contributed by atoms with E-state index in [0.717, 1.165) is 44.7 Å². The van der Waals surface area contributed by atoms with Crippen LogP contribution in [0.5, 0.6) is 0 Å². The Labute approximate surface area is 169 Å². The number of piperazine rings is 1. The summed E-state index contributed by atoms with van der Waals surface area (Å²) in [7, 11) is 2.15. The molecule has 1 aliphatic heterocycles. The molecule has 1 aliphatic rings. The average molecular weight is 389 g/mol. The third kappa shape index (κ3) is 7.24. The zero-order valence-corrected chi connectivity index (χ0v) is 17.8. The van der Waals surface area contributed by atoms with Gasteiger partial charge in [0.2, 0.25) is 5.91 Å². The van der Waals surface area contributed by atoms with Crippen LogP contribution in [0.4, 0.5) is 0 Å². The molecule has 1 heterocycles. The molecule has 156 valence electrons. The van der Waals surface area contributed by atoms with Gasteiger partial charge in [-0.25, -0.2) is 0 Å². The van der Waals surface area contributed by atoms with Gasteiger partial charge in [0.15, 0.2) is 0 Å². The van der Waals surface area contributed by atoms with Crippen molar-refractivity contribution in [2.24, 2.45) is 5.92 Å². The minimum atomic E-state index is -0.504. The first kappa shape index (κ1) is 22.4. The number of carbonyl (C=O) groups is 2. The largest absolute Gasteiger partial charge is 0.354 e. The van der Waals surface area contributed by atoms with Gasteiger partial charge >= 0.3 is 0 Å². The number of likely N-dealkylation sites (N-methyl/N-ethyl adjacent to an activating group) is 1. The summed E-state index contributed by atoms with van der Waals surface area (Å²) in [5, 5.41) is 5.95. The first-order valence-corrected chi connectivity index (χ1v) is 10.4. The maximum atomic E-state index is 12.7. The Morgan fingerprint density at radius 2 is 1.79 bits per heavy atom. The molecule has 0 bridgehead atoms. The van der Waals surface area contributed by atoms with Crippen molar-refractivity contribution in [3.05, 3.63) is 35.4 Å². The van der Waals surface area contributed by atoms with Crippen molar-refractivity contribution < 1.29 is 9.59 Å². The molecule has 1 atom stereocenters. The fraction of sp³-hybridized carbons (Fsp3) is 0.636. The lowest BCUT2D eigenvalue weighted by Crippen LogP contribution is -2.48. The van der Waals surface area contributed by atoms with Crippen molar-refractivity contribution >= 4 is 11.8 Å². The maximum absolute atomic E-state index is 12.7. The van der Waals surface area contributed by atoms with Crippen LogP contribution in [0, 0.1) is 12.8 Å². The molecular formula is C22H36N4O2. The Balaban J connectivity index is 1.81. The smallest absolute Gasteiger partial charge is 0.252 e. The number of amides is 2. The Kier molecular flexibility index (Phi) is 8.93. The molecular weight excluding hydrogens is 352 g/mol.